The number of halogens is 2. The van der Waals surface area contributed by atoms with Gasteiger partial charge in [0.15, 0.2) is 0 Å². The molecule has 1 aliphatic rings. The minimum Gasteiger partial charge on any atom is -0.491 e. The molecule has 2 aromatic carbocycles. The molecule has 174 valence electrons. The van der Waals surface area contributed by atoms with Gasteiger partial charge < -0.3 is 10.1 Å². The van der Waals surface area contributed by atoms with Gasteiger partial charge in [-0.15, -0.1) is 0 Å². The number of hydrogen-bond donors (Lipinski definition) is 1. The number of nitrogens with zero attached hydrogens (tertiary/aromatic N) is 1. The van der Waals surface area contributed by atoms with Crippen LogP contribution in [0.5, 0.6) is 5.75 Å². The highest BCUT2D eigenvalue weighted by atomic mass is 35.5. The lowest BCUT2D eigenvalue weighted by Gasteiger charge is -2.31. The first kappa shape index (κ1) is 24.8. The molecule has 1 fully saturated rings. The van der Waals surface area contributed by atoms with Crippen molar-refractivity contribution in [1.82, 2.24) is 9.62 Å². The van der Waals surface area contributed by atoms with Gasteiger partial charge in [0.2, 0.25) is 15.9 Å². The summed E-state index contributed by atoms with van der Waals surface area (Å²) in [5, 5.41) is 3.64. The van der Waals surface area contributed by atoms with E-state index in [0.29, 0.717) is 48.1 Å². The van der Waals surface area contributed by atoms with E-state index >= 15 is 0 Å². The van der Waals surface area contributed by atoms with Gasteiger partial charge in [0.05, 0.1) is 18.2 Å². The molecule has 0 radical (unpaired) electrons. The van der Waals surface area contributed by atoms with E-state index in [1.807, 2.05) is 32.0 Å². The average Bonchev–Trinajstić information content (AvgIpc) is 2.74. The molecule has 0 bridgehead atoms. The maximum Gasteiger partial charge on any atom is 0.224 e. The molecule has 1 amide bonds. The lowest BCUT2D eigenvalue weighted by atomic mass is 9.99. The zero-order chi connectivity index (χ0) is 23.3. The molecule has 6 nitrogen and oxygen atoms in total. The van der Waals surface area contributed by atoms with Crippen LogP contribution in [0.15, 0.2) is 36.4 Å². The van der Waals surface area contributed by atoms with Crippen LogP contribution in [-0.2, 0) is 20.6 Å². The number of nitrogens with one attached hydrogen (secondary N) is 1. The van der Waals surface area contributed by atoms with Gasteiger partial charge in [-0.1, -0.05) is 47.0 Å². The highest BCUT2D eigenvalue weighted by molar-refractivity contribution is 7.88. The van der Waals surface area contributed by atoms with Crippen LogP contribution in [0.25, 0.3) is 0 Å². The van der Waals surface area contributed by atoms with Crippen molar-refractivity contribution in [2.45, 2.75) is 32.4 Å². The number of carbonyl (C=O) groups is 1. The van der Waals surface area contributed by atoms with Crippen LogP contribution in [0.1, 0.15) is 29.5 Å². The van der Waals surface area contributed by atoms with E-state index in [4.69, 9.17) is 27.9 Å². The summed E-state index contributed by atoms with van der Waals surface area (Å²) in [6, 6.07) is 10.7. The summed E-state index contributed by atoms with van der Waals surface area (Å²) >= 11 is 12.0. The molecule has 0 aromatic heterocycles. The minimum atomic E-state index is -3.61. The number of amides is 1. The van der Waals surface area contributed by atoms with Gasteiger partial charge in [-0.2, -0.15) is 0 Å². The lowest BCUT2D eigenvalue weighted by molar-refractivity contribution is -0.126. The van der Waals surface area contributed by atoms with E-state index in [1.54, 1.807) is 12.1 Å². The van der Waals surface area contributed by atoms with E-state index in [9.17, 15) is 13.2 Å². The Labute approximate surface area is 199 Å². The predicted octanol–water partition coefficient (Wildman–Crippen LogP) is 4.35. The Morgan fingerprint density at radius 2 is 1.97 bits per heavy atom. The van der Waals surface area contributed by atoms with Crippen LogP contribution in [-0.4, -0.2) is 44.9 Å². The van der Waals surface area contributed by atoms with E-state index in [2.05, 4.69) is 5.32 Å². The van der Waals surface area contributed by atoms with Crippen molar-refractivity contribution in [1.29, 1.82) is 0 Å². The average molecular weight is 499 g/mol. The van der Waals surface area contributed by atoms with E-state index in [0.717, 1.165) is 11.3 Å². The Morgan fingerprint density at radius 1 is 1.19 bits per heavy atom. The van der Waals surface area contributed by atoms with Crippen molar-refractivity contribution >= 4 is 39.1 Å². The maximum absolute atomic E-state index is 12.9. The topological polar surface area (TPSA) is 75.7 Å². The number of rotatable bonds is 8. The molecule has 0 unspecified atom stereocenters. The number of ether oxygens (including phenoxy) is 1. The Morgan fingerprint density at radius 3 is 2.69 bits per heavy atom. The first-order valence-corrected chi connectivity index (χ1v) is 12.9. The fourth-order valence-electron chi connectivity index (χ4n) is 3.78. The molecule has 1 aliphatic heterocycles. The fourth-order valence-corrected chi connectivity index (χ4v) is 5.97. The van der Waals surface area contributed by atoms with Crippen molar-refractivity contribution in [2.24, 2.45) is 5.92 Å². The number of benzene rings is 2. The highest BCUT2D eigenvalue weighted by Gasteiger charge is 2.32. The number of sulfonamides is 1. The Hall–Kier alpha value is -1.80. The minimum absolute atomic E-state index is 0.154. The molecule has 1 atom stereocenters. The Kier molecular flexibility index (Phi) is 8.44. The van der Waals surface area contributed by atoms with Crippen molar-refractivity contribution in [3.05, 3.63) is 63.1 Å². The monoisotopic (exact) mass is 498 g/mol. The predicted molar refractivity (Wildman–Crippen MR) is 128 cm³/mol. The summed E-state index contributed by atoms with van der Waals surface area (Å²) in [6.45, 7) is 5.27. The molecule has 1 heterocycles. The summed E-state index contributed by atoms with van der Waals surface area (Å²) in [5.74, 6) is 0.0285. The molecule has 32 heavy (non-hydrogen) atoms. The van der Waals surface area contributed by atoms with Crippen LogP contribution in [0.4, 0.5) is 0 Å². The normalized spacial score (nSPS) is 17.2. The number of carbonyl (C=O) groups excluding carboxylic acids is 1. The third-order valence-electron chi connectivity index (χ3n) is 5.49. The quantitative estimate of drug-likeness (QED) is 0.549. The van der Waals surface area contributed by atoms with Gasteiger partial charge in [-0.25, -0.2) is 12.7 Å². The molecule has 1 saturated heterocycles. The van der Waals surface area contributed by atoms with E-state index in [-0.39, 0.29) is 24.1 Å². The van der Waals surface area contributed by atoms with Gasteiger partial charge in [-0.3, -0.25) is 4.79 Å². The standard InChI is InChI=1S/C23H28Cl2N2O4S/c1-16-5-8-22(17(2)12-16)31-11-9-26-23(28)18-4-3-10-27(14-18)32(29,30)15-19-6-7-20(24)13-21(19)25/h5-8,12-13,18H,3-4,9-11,14-15H2,1-2H3,(H,26,28)/t18-/m0/s1. The zero-order valence-corrected chi connectivity index (χ0v) is 20.6. The molecule has 3 rings (SSSR count). The molecule has 9 heteroatoms. The molecule has 0 aliphatic carbocycles. The summed E-state index contributed by atoms with van der Waals surface area (Å²) in [4.78, 5) is 12.6. The van der Waals surface area contributed by atoms with Gasteiger partial charge in [-0.05, 0) is 56.0 Å². The van der Waals surface area contributed by atoms with Crippen molar-refractivity contribution in [3.8, 4) is 5.75 Å². The molecule has 1 N–H and O–H groups in total. The summed E-state index contributed by atoms with van der Waals surface area (Å²) in [7, 11) is -3.61. The molecular formula is C23H28Cl2N2O4S. The highest BCUT2D eigenvalue weighted by Crippen LogP contribution is 2.26. The fraction of sp³-hybridized carbons (Fsp3) is 0.435. The van der Waals surface area contributed by atoms with Crippen molar-refractivity contribution in [2.75, 3.05) is 26.2 Å². The summed E-state index contributed by atoms with van der Waals surface area (Å²) in [6.07, 6.45) is 1.28. The lowest BCUT2D eigenvalue weighted by Crippen LogP contribution is -2.46. The summed E-state index contributed by atoms with van der Waals surface area (Å²) in [5.41, 5.74) is 2.70. The molecule has 2 aromatic rings. The Bertz CT molecular complexity index is 1080. The SMILES string of the molecule is Cc1ccc(OCCNC(=O)[C@H]2CCCN(S(=O)(=O)Cc3ccc(Cl)cc3Cl)C2)c(C)c1. The van der Waals surface area contributed by atoms with Gasteiger partial charge in [0.25, 0.3) is 0 Å². The van der Waals surface area contributed by atoms with Crippen LogP contribution < -0.4 is 10.1 Å². The number of piperidine rings is 1. The summed E-state index contributed by atoms with van der Waals surface area (Å²) < 4.78 is 33.0. The van der Waals surface area contributed by atoms with Gasteiger partial charge in [0, 0.05) is 23.1 Å². The van der Waals surface area contributed by atoms with Crippen LogP contribution in [0.3, 0.4) is 0 Å². The maximum atomic E-state index is 12.9. The van der Waals surface area contributed by atoms with Crippen LogP contribution >= 0.6 is 23.2 Å². The molecule has 0 saturated carbocycles. The Balaban J connectivity index is 1.51. The van der Waals surface area contributed by atoms with Gasteiger partial charge in [0.1, 0.15) is 12.4 Å². The zero-order valence-electron chi connectivity index (χ0n) is 18.2. The van der Waals surface area contributed by atoms with E-state index in [1.165, 1.54) is 15.9 Å². The van der Waals surface area contributed by atoms with Crippen LogP contribution in [0, 0.1) is 19.8 Å². The van der Waals surface area contributed by atoms with Gasteiger partial charge >= 0.3 is 0 Å². The number of aryl methyl sites for hydroxylation is 2. The second kappa shape index (κ2) is 10.9. The van der Waals surface area contributed by atoms with Crippen LogP contribution in [0.2, 0.25) is 10.0 Å². The first-order valence-electron chi connectivity index (χ1n) is 10.6. The number of hydrogen-bond acceptors (Lipinski definition) is 4. The molecular weight excluding hydrogens is 471 g/mol. The smallest absolute Gasteiger partial charge is 0.224 e. The third kappa shape index (κ3) is 6.61. The first-order chi connectivity index (χ1) is 15.2. The second-order valence-electron chi connectivity index (χ2n) is 8.10. The largest absolute Gasteiger partial charge is 0.491 e. The molecule has 0 spiro atoms. The third-order valence-corrected chi connectivity index (χ3v) is 7.87. The van der Waals surface area contributed by atoms with E-state index < -0.39 is 10.0 Å². The van der Waals surface area contributed by atoms with Crippen molar-refractivity contribution in [3.63, 3.8) is 0 Å². The second-order valence-corrected chi connectivity index (χ2v) is 10.9. The van der Waals surface area contributed by atoms with Crippen molar-refractivity contribution < 1.29 is 17.9 Å².